The molecule has 2 aliphatic heterocycles. The van der Waals surface area contributed by atoms with E-state index in [4.69, 9.17) is 9.47 Å². The van der Waals surface area contributed by atoms with Crippen LogP contribution in [0, 0.1) is 17.8 Å². The van der Waals surface area contributed by atoms with Gasteiger partial charge < -0.3 is 29.9 Å². The van der Waals surface area contributed by atoms with Gasteiger partial charge in [-0.1, -0.05) is 0 Å². The van der Waals surface area contributed by atoms with Crippen LogP contribution in [-0.2, 0) is 28.7 Å². The third kappa shape index (κ3) is 10.1. The number of esters is 1. The maximum absolute atomic E-state index is 13.0. The van der Waals surface area contributed by atoms with Crippen molar-refractivity contribution < 1.29 is 33.4 Å². The van der Waals surface area contributed by atoms with E-state index in [9.17, 15) is 24.0 Å². The summed E-state index contributed by atoms with van der Waals surface area (Å²) < 4.78 is 10.7. The van der Waals surface area contributed by atoms with Gasteiger partial charge in [-0.3, -0.25) is 19.2 Å². The van der Waals surface area contributed by atoms with Gasteiger partial charge in [0, 0.05) is 46.2 Å². The van der Waals surface area contributed by atoms with Crippen molar-refractivity contribution in [2.45, 2.75) is 84.8 Å². The van der Waals surface area contributed by atoms with Gasteiger partial charge >= 0.3 is 12.1 Å². The SMILES string of the molecule is CNC(=O)[C@@H]1CN(C(=O)CCC2CCN(C(=O)OC(C)(C)C)CC2)C[C@H]1C(=O)NCCC(=O)OC(C)(C)C. The minimum Gasteiger partial charge on any atom is -0.460 e. The molecule has 4 amide bonds. The van der Waals surface area contributed by atoms with Crippen molar-refractivity contribution in [3.63, 3.8) is 0 Å². The van der Waals surface area contributed by atoms with E-state index < -0.39 is 29.0 Å². The highest BCUT2D eigenvalue weighted by molar-refractivity contribution is 5.90. The fourth-order valence-electron chi connectivity index (χ4n) is 4.75. The molecule has 11 nitrogen and oxygen atoms in total. The smallest absolute Gasteiger partial charge is 0.410 e. The van der Waals surface area contributed by atoms with Gasteiger partial charge in [-0.05, 0) is 66.7 Å². The Kier molecular flexibility index (Phi) is 11.0. The molecule has 2 heterocycles. The van der Waals surface area contributed by atoms with Gasteiger partial charge in [0.15, 0.2) is 0 Å². The highest BCUT2D eigenvalue weighted by atomic mass is 16.6. The fraction of sp³-hybridized carbons (Fsp3) is 0.815. The van der Waals surface area contributed by atoms with Crippen molar-refractivity contribution in [2.24, 2.45) is 17.8 Å². The molecule has 0 saturated carbocycles. The fourth-order valence-corrected chi connectivity index (χ4v) is 4.75. The largest absolute Gasteiger partial charge is 0.460 e. The van der Waals surface area contributed by atoms with E-state index in [2.05, 4.69) is 10.6 Å². The first kappa shape index (κ1) is 31.4. The van der Waals surface area contributed by atoms with Crippen molar-refractivity contribution in [3.8, 4) is 0 Å². The maximum Gasteiger partial charge on any atom is 0.410 e. The number of piperidine rings is 1. The molecular weight excluding hydrogens is 492 g/mol. The average molecular weight is 539 g/mol. The number of nitrogens with one attached hydrogen (secondary N) is 2. The molecule has 0 unspecified atom stereocenters. The van der Waals surface area contributed by atoms with Crippen molar-refractivity contribution in [3.05, 3.63) is 0 Å². The average Bonchev–Trinajstić information content (AvgIpc) is 3.26. The molecule has 0 aromatic heterocycles. The second-order valence-electron chi connectivity index (χ2n) is 12.2. The molecular formula is C27H46N4O7. The molecule has 216 valence electrons. The molecule has 2 rings (SSSR count). The molecule has 0 aromatic carbocycles. The van der Waals surface area contributed by atoms with E-state index in [1.165, 1.54) is 7.05 Å². The second-order valence-corrected chi connectivity index (χ2v) is 12.2. The lowest BCUT2D eigenvalue weighted by atomic mass is 9.92. The normalized spacial score (nSPS) is 20.6. The van der Waals surface area contributed by atoms with E-state index >= 15 is 0 Å². The first-order valence-corrected chi connectivity index (χ1v) is 13.6. The molecule has 0 aromatic rings. The zero-order valence-electron chi connectivity index (χ0n) is 24.1. The van der Waals surface area contributed by atoms with Gasteiger partial charge in [0.25, 0.3) is 0 Å². The summed E-state index contributed by atoms with van der Waals surface area (Å²) in [7, 11) is 1.51. The van der Waals surface area contributed by atoms with Crippen LogP contribution in [0.25, 0.3) is 0 Å². The van der Waals surface area contributed by atoms with Crippen LogP contribution in [-0.4, -0.2) is 90.6 Å². The van der Waals surface area contributed by atoms with Crippen LogP contribution in [0.1, 0.15) is 73.6 Å². The predicted octanol–water partition coefficient (Wildman–Crippen LogP) is 2.08. The monoisotopic (exact) mass is 538 g/mol. The Labute approximate surface area is 226 Å². The van der Waals surface area contributed by atoms with E-state index in [-0.39, 0.29) is 49.9 Å². The number of nitrogens with zero attached hydrogens (tertiary/aromatic N) is 2. The lowest BCUT2D eigenvalue weighted by molar-refractivity contribution is -0.154. The van der Waals surface area contributed by atoms with Gasteiger partial charge in [0.1, 0.15) is 11.2 Å². The van der Waals surface area contributed by atoms with Crippen molar-refractivity contribution in [1.29, 1.82) is 0 Å². The highest BCUT2D eigenvalue weighted by Crippen LogP contribution is 2.27. The maximum atomic E-state index is 13.0. The lowest BCUT2D eigenvalue weighted by Gasteiger charge is -2.33. The Hall–Kier alpha value is -2.85. The number of carbonyl (C=O) groups is 5. The van der Waals surface area contributed by atoms with Crippen molar-refractivity contribution >= 4 is 29.8 Å². The summed E-state index contributed by atoms with van der Waals surface area (Å²) in [6.45, 7) is 12.5. The Bertz CT molecular complexity index is 870. The van der Waals surface area contributed by atoms with Gasteiger partial charge in [0.2, 0.25) is 17.7 Å². The van der Waals surface area contributed by atoms with E-state index in [0.29, 0.717) is 31.8 Å². The van der Waals surface area contributed by atoms with Crippen LogP contribution in [0.15, 0.2) is 0 Å². The molecule has 2 N–H and O–H groups in total. The molecule has 38 heavy (non-hydrogen) atoms. The van der Waals surface area contributed by atoms with Gasteiger partial charge in [-0.25, -0.2) is 4.79 Å². The molecule has 0 spiro atoms. The summed E-state index contributed by atoms with van der Waals surface area (Å²) in [5.74, 6) is -2.16. The predicted molar refractivity (Wildman–Crippen MR) is 141 cm³/mol. The Morgan fingerprint density at radius 1 is 0.789 bits per heavy atom. The van der Waals surface area contributed by atoms with Crippen molar-refractivity contribution in [2.75, 3.05) is 39.8 Å². The molecule has 0 radical (unpaired) electrons. The minimum absolute atomic E-state index is 0.0236. The number of likely N-dealkylation sites (tertiary alicyclic amines) is 2. The Balaban J connectivity index is 1.83. The quantitative estimate of drug-likeness (QED) is 0.452. The third-order valence-corrected chi connectivity index (χ3v) is 6.67. The van der Waals surface area contributed by atoms with E-state index in [1.54, 1.807) is 30.6 Å². The van der Waals surface area contributed by atoms with Crippen LogP contribution in [0.4, 0.5) is 4.79 Å². The zero-order chi connectivity index (χ0) is 28.7. The molecule has 11 heteroatoms. The number of carbonyl (C=O) groups excluding carboxylic acids is 5. The van der Waals surface area contributed by atoms with Crippen LogP contribution in [0.5, 0.6) is 0 Å². The first-order chi connectivity index (χ1) is 17.6. The summed E-state index contributed by atoms with van der Waals surface area (Å²) in [6.07, 6.45) is 2.33. The van der Waals surface area contributed by atoms with Gasteiger partial charge in [-0.2, -0.15) is 0 Å². The Morgan fingerprint density at radius 2 is 1.34 bits per heavy atom. The standard InChI is InChI=1S/C27H46N4O7/c1-26(2,3)37-22(33)10-13-29-24(35)20-17-31(16-19(20)23(34)28-7)21(32)9-8-18-11-14-30(15-12-18)25(36)38-27(4,5)6/h18-20H,8-17H2,1-7H3,(H,28,34)(H,29,35)/t19-,20-/m1/s1. The van der Waals surface area contributed by atoms with E-state index in [1.807, 2.05) is 20.8 Å². The highest BCUT2D eigenvalue weighted by Gasteiger charge is 2.43. The van der Waals surface area contributed by atoms with Gasteiger partial charge in [0.05, 0.1) is 18.3 Å². The summed E-state index contributed by atoms with van der Waals surface area (Å²) in [5.41, 5.74) is -1.14. The summed E-state index contributed by atoms with van der Waals surface area (Å²) in [6, 6.07) is 0. The first-order valence-electron chi connectivity index (χ1n) is 13.6. The molecule has 0 bridgehead atoms. The van der Waals surface area contributed by atoms with E-state index in [0.717, 1.165) is 12.8 Å². The second kappa shape index (κ2) is 13.3. The molecule has 2 atom stereocenters. The molecule has 2 fully saturated rings. The van der Waals surface area contributed by atoms with Crippen LogP contribution >= 0.6 is 0 Å². The Morgan fingerprint density at radius 3 is 1.87 bits per heavy atom. The lowest BCUT2D eigenvalue weighted by Crippen LogP contribution is -2.42. The molecule has 2 aliphatic rings. The number of ether oxygens (including phenoxy) is 2. The summed E-state index contributed by atoms with van der Waals surface area (Å²) >= 11 is 0. The summed E-state index contributed by atoms with van der Waals surface area (Å²) in [4.78, 5) is 65.8. The van der Waals surface area contributed by atoms with Crippen LogP contribution < -0.4 is 10.6 Å². The van der Waals surface area contributed by atoms with Crippen molar-refractivity contribution in [1.82, 2.24) is 20.4 Å². The van der Waals surface area contributed by atoms with Gasteiger partial charge in [-0.15, -0.1) is 0 Å². The number of hydrogen-bond acceptors (Lipinski definition) is 7. The van der Waals surface area contributed by atoms with Crippen LogP contribution in [0.2, 0.25) is 0 Å². The minimum atomic E-state index is -0.686. The molecule has 0 aliphatic carbocycles. The zero-order valence-corrected chi connectivity index (χ0v) is 24.1. The van der Waals surface area contributed by atoms with Crippen LogP contribution in [0.3, 0.4) is 0 Å². The number of rotatable bonds is 8. The topological polar surface area (TPSA) is 134 Å². The number of hydrogen-bond donors (Lipinski definition) is 2. The number of amides is 4. The third-order valence-electron chi connectivity index (χ3n) is 6.67. The summed E-state index contributed by atoms with van der Waals surface area (Å²) in [5, 5.41) is 5.31. The molecule has 2 saturated heterocycles.